The van der Waals surface area contributed by atoms with Gasteiger partial charge < -0.3 is 46.2 Å². The molecule has 1 aromatic carbocycles. The van der Waals surface area contributed by atoms with Gasteiger partial charge in [-0.25, -0.2) is 4.79 Å². The number of benzene rings is 1. The number of aliphatic hydroxyl groups is 1. The SMILES string of the molecule is CC[C@H](C)[C@H](O)C(=O)N[C@@H](CC(C)C)C(=O)N(C)[C@@H](CCC(N)=O)C(=O)N[C@H](C(=O)NCC(=O)N(C)[C@H](Cc1ccccc1)C(=O)N1CCC[C@H]1C(=O)OC)[C@@H](C)CC. The molecule has 0 aromatic heterocycles. The summed E-state index contributed by atoms with van der Waals surface area (Å²) in [6, 6.07) is 3.70. The van der Waals surface area contributed by atoms with Crippen molar-refractivity contribution in [3.05, 3.63) is 35.9 Å². The number of primary amides is 1. The minimum atomic E-state index is -1.36. The van der Waals surface area contributed by atoms with Crippen molar-refractivity contribution in [1.82, 2.24) is 30.7 Å². The van der Waals surface area contributed by atoms with E-state index in [1.165, 1.54) is 31.0 Å². The van der Waals surface area contributed by atoms with Gasteiger partial charge in [-0.05, 0) is 49.0 Å². The van der Waals surface area contributed by atoms with Crippen LogP contribution < -0.4 is 21.7 Å². The summed E-state index contributed by atoms with van der Waals surface area (Å²) in [7, 11) is 4.06. The highest BCUT2D eigenvalue weighted by Crippen LogP contribution is 2.23. The molecule has 330 valence electrons. The lowest BCUT2D eigenvalue weighted by Gasteiger charge is -2.34. The molecule has 0 unspecified atom stereocenters. The summed E-state index contributed by atoms with van der Waals surface area (Å²) >= 11 is 0. The maximum Gasteiger partial charge on any atom is 0.328 e. The summed E-state index contributed by atoms with van der Waals surface area (Å²) in [5.41, 5.74) is 6.21. The Kier molecular flexibility index (Phi) is 20.5. The Morgan fingerprint density at radius 1 is 0.881 bits per heavy atom. The first-order valence-electron chi connectivity index (χ1n) is 20.6. The molecule has 17 nitrogen and oxygen atoms in total. The third-order valence-corrected chi connectivity index (χ3v) is 11.2. The summed E-state index contributed by atoms with van der Waals surface area (Å²) in [6.07, 6.45) is 0.479. The summed E-state index contributed by atoms with van der Waals surface area (Å²) in [4.78, 5) is 111. The highest BCUT2D eigenvalue weighted by atomic mass is 16.5. The third kappa shape index (κ3) is 14.6. The first-order chi connectivity index (χ1) is 27.8. The van der Waals surface area contributed by atoms with E-state index in [-0.39, 0.29) is 37.5 Å². The topological polar surface area (TPSA) is 238 Å². The number of nitrogens with two attached hydrogens (primary N) is 1. The number of methoxy groups -OCH3 is 1. The molecule has 0 radical (unpaired) electrons. The molecule has 7 amide bonds. The van der Waals surface area contributed by atoms with Crippen LogP contribution in [0.2, 0.25) is 0 Å². The molecular weight excluding hydrogens is 763 g/mol. The first-order valence-corrected chi connectivity index (χ1v) is 20.6. The van der Waals surface area contributed by atoms with E-state index in [1.807, 2.05) is 58.0 Å². The van der Waals surface area contributed by atoms with Crippen LogP contribution in [0.4, 0.5) is 0 Å². The van der Waals surface area contributed by atoms with E-state index < -0.39 is 96.1 Å². The second-order valence-electron chi connectivity index (χ2n) is 16.0. The van der Waals surface area contributed by atoms with Crippen LogP contribution in [-0.4, -0.2) is 138 Å². The van der Waals surface area contributed by atoms with Gasteiger partial charge in [-0.15, -0.1) is 0 Å². The van der Waals surface area contributed by atoms with Crippen LogP contribution in [0.25, 0.3) is 0 Å². The van der Waals surface area contributed by atoms with Gasteiger partial charge in [-0.1, -0.05) is 84.7 Å². The second kappa shape index (κ2) is 24.1. The van der Waals surface area contributed by atoms with E-state index in [0.717, 1.165) is 10.5 Å². The van der Waals surface area contributed by atoms with E-state index in [1.54, 1.807) is 13.8 Å². The van der Waals surface area contributed by atoms with Crippen molar-refractivity contribution in [2.75, 3.05) is 34.3 Å². The Labute approximate surface area is 348 Å². The lowest BCUT2D eigenvalue weighted by molar-refractivity contribution is -0.154. The number of aliphatic hydroxyl groups excluding tert-OH is 1. The van der Waals surface area contributed by atoms with Gasteiger partial charge in [0.15, 0.2) is 0 Å². The predicted molar refractivity (Wildman–Crippen MR) is 220 cm³/mol. The van der Waals surface area contributed by atoms with Gasteiger partial charge in [0.1, 0.15) is 36.3 Å². The molecule has 1 aromatic rings. The fraction of sp³-hybridized carbons (Fsp3) is 0.667. The maximum absolute atomic E-state index is 14.0. The molecule has 0 bridgehead atoms. The molecule has 8 atom stereocenters. The van der Waals surface area contributed by atoms with Gasteiger partial charge in [-0.2, -0.15) is 0 Å². The van der Waals surface area contributed by atoms with Gasteiger partial charge in [0.25, 0.3) is 0 Å². The van der Waals surface area contributed by atoms with Crippen LogP contribution >= 0.6 is 0 Å². The highest BCUT2D eigenvalue weighted by Gasteiger charge is 2.41. The number of nitrogens with one attached hydrogen (secondary N) is 3. The Morgan fingerprint density at radius 2 is 1.51 bits per heavy atom. The number of esters is 1. The molecule has 1 heterocycles. The number of amides is 7. The molecule has 2 rings (SSSR count). The van der Waals surface area contributed by atoms with Crippen molar-refractivity contribution in [1.29, 1.82) is 0 Å². The van der Waals surface area contributed by atoms with Crippen molar-refractivity contribution in [2.45, 2.75) is 129 Å². The Morgan fingerprint density at radius 3 is 2.07 bits per heavy atom. The minimum absolute atomic E-state index is 0.0692. The number of ether oxygens (including phenoxy) is 1. The maximum atomic E-state index is 14.0. The number of carbonyl (C=O) groups excluding carboxylic acids is 8. The summed E-state index contributed by atoms with van der Waals surface area (Å²) in [5, 5.41) is 18.5. The molecule has 1 aliphatic heterocycles. The van der Waals surface area contributed by atoms with Crippen molar-refractivity contribution >= 4 is 47.3 Å². The average molecular weight is 830 g/mol. The Hall–Kier alpha value is -5.06. The zero-order valence-corrected chi connectivity index (χ0v) is 36.2. The van der Waals surface area contributed by atoms with E-state index in [4.69, 9.17) is 10.5 Å². The number of carbonyl (C=O) groups is 8. The summed E-state index contributed by atoms with van der Waals surface area (Å²) < 4.78 is 4.93. The van der Waals surface area contributed by atoms with Crippen LogP contribution in [0.15, 0.2) is 30.3 Å². The Balaban J connectivity index is 2.32. The zero-order valence-electron chi connectivity index (χ0n) is 36.2. The lowest BCUT2D eigenvalue weighted by Crippen LogP contribution is -2.59. The average Bonchev–Trinajstić information content (AvgIpc) is 3.71. The van der Waals surface area contributed by atoms with Gasteiger partial charge >= 0.3 is 5.97 Å². The van der Waals surface area contributed by atoms with Crippen LogP contribution in [-0.2, 0) is 49.5 Å². The molecule has 1 fully saturated rings. The molecule has 0 aliphatic carbocycles. The van der Waals surface area contributed by atoms with Crippen LogP contribution in [0.1, 0.15) is 92.1 Å². The molecule has 59 heavy (non-hydrogen) atoms. The van der Waals surface area contributed by atoms with Crippen LogP contribution in [0, 0.1) is 17.8 Å². The van der Waals surface area contributed by atoms with Gasteiger partial charge in [0.05, 0.1) is 13.7 Å². The first kappa shape index (κ1) is 50.1. The van der Waals surface area contributed by atoms with Gasteiger partial charge in [0.2, 0.25) is 41.4 Å². The quantitative estimate of drug-likeness (QED) is 0.0978. The number of hydrogen-bond acceptors (Lipinski definition) is 10. The smallest absolute Gasteiger partial charge is 0.328 e. The predicted octanol–water partition coefficient (Wildman–Crippen LogP) is 0.898. The van der Waals surface area contributed by atoms with Crippen LogP contribution in [0.3, 0.4) is 0 Å². The van der Waals surface area contributed by atoms with Crippen LogP contribution in [0.5, 0.6) is 0 Å². The second-order valence-corrected chi connectivity index (χ2v) is 16.0. The third-order valence-electron chi connectivity index (χ3n) is 11.2. The van der Waals surface area contributed by atoms with Crippen molar-refractivity contribution in [3.8, 4) is 0 Å². The summed E-state index contributed by atoms with van der Waals surface area (Å²) in [6.45, 7) is 10.5. The van der Waals surface area contributed by atoms with Gasteiger partial charge in [0, 0.05) is 33.5 Å². The molecule has 6 N–H and O–H groups in total. The number of hydrogen-bond donors (Lipinski definition) is 5. The van der Waals surface area contributed by atoms with E-state index in [2.05, 4.69) is 16.0 Å². The number of nitrogens with zero attached hydrogens (tertiary/aromatic N) is 3. The molecule has 1 aliphatic rings. The van der Waals surface area contributed by atoms with E-state index >= 15 is 0 Å². The molecule has 0 saturated carbocycles. The Bertz CT molecular complexity index is 1610. The number of rotatable bonds is 23. The standard InChI is InChI=1S/C42H67N7O10/c1-10-26(5)35(46-37(53)30(19-20-33(43)50)48(8)40(56)29(22-25(3)4)45-39(55)36(52)27(6)11-2)38(54)44-24-34(51)47(7)32(23-28-16-13-12-14-17-28)41(57)49-21-15-18-31(49)42(58)59-9/h12-14,16-17,25-27,29-32,35-36,52H,10-11,15,18-24H2,1-9H3,(H2,43,50)(H,44,54)(H,45,55)(H,46,53)/t26-,27-,29-,30-,31-,32+,35-,36-/m0/s1. The zero-order chi connectivity index (χ0) is 44.6. The van der Waals surface area contributed by atoms with Gasteiger partial charge in [-0.3, -0.25) is 33.6 Å². The van der Waals surface area contributed by atoms with Crippen molar-refractivity contribution < 1.29 is 48.2 Å². The fourth-order valence-corrected chi connectivity index (χ4v) is 6.96. The molecule has 17 heteroatoms. The fourth-order valence-electron chi connectivity index (χ4n) is 6.96. The highest BCUT2D eigenvalue weighted by molar-refractivity contribution is 5.96. The van der Waals surface area contributed by atoms with E-state index in [9.17, 15) is 43.5 Å². The number of likely N-dealkylation sites (tertiary alicyclic amines) is 1. The number of likely N-dealkylation sites (N-methyl/N-ethyl adjacent to an activating group) is 2. The van der Waals surface area contributed by atoms with E-state index in [0.29, 0.717) is 32.2 Å². The van der Waals surface area contributed by atoms with Crippen molar-refractivity contribution in [3.63, 3.8) is 0 Å². The molecule has 0 spiro atoms. The largest absolute Gasteiger partial charge is 0.467 e. The lowest BCUT2D eigenvalue weighted by atomic mass is 9.96. The minimum Gasteiger partial charge on any atom is -0.467 e. The molecular formula is C42H67N7O10. The normalized spacial score (nSPS) is 17.3. The summed E-state index contributed by atoms with van der Waals surface area (Å²) in [5.74, 6) is -6.03. The van der Waals surface area contributed by atoms with Crippen molar-refractivity contribution in [2.24, 2.45) is 23.5 Å². The monoisotopic (exact) mass is 829 g/mol. The molecule has 1 saturated heterocycles.